The fourth-order valence-corrected chi connectivity index (χ4v) is 1.93. The van der Waals surface area contributed by atoms with Crippen molar-refractivity contribution in [3.8, 4) is 0 Å². The van der Waals surface area contributed by atoms with Gasteiger partial charge in [0.25, 0.3) is 0 Å². The van der Waals surface area contributed by atoms with Gasteiger partial charge in [0.05, 0.1) is 6.10 Å². The SMILES string of the molecule is NC1CCOC1c1ccc(F)cc1Cl. The van der Waals surface area contributed by atoms with Crippen molar-refractivity contribution in [1.82, 2.24) is 0 Å². The van der Waals surface area contributed by atoms with Gasteiger partial charge in [-0.3, -0.25) is 0 Å². The Labute approximate surface area is 86.8 Å². The number of hydrogen-bond donors (Lipinski definition) is 1. The van der Waals surface area contributed by atoms with E-state index in [0.29, 0.717) is 11.6 Å². The van der Waals surface area contributed by atoms with E-state index in [9.17, 15) is 4.39 Å². The van der Waals surface area contributed by atoms with E-state index >= 15 is 0 Å². The monoisotopic (exact) mass is 215 g/mol. The molecule has 0 radical (unpaired) electrons. The van der Waals surface area contributed by atoms with Gasteiger partial charge >= 0.3 is 0 Å². The van der Waals surface area contributed by atoms with Crippen LogP contribution in [0.15, 0.2) is 18.2 Å². The molecule has 0 aromatic heterocycles. The minimum absolute atomic E-state index is 0.0436. The third kappa shape index (κ3) is 1.75. The molecule has 2 rings (SSSR count). The number of benzene rings is 1. The van der Waals surface area contributed by atoms with E-state index in [1.54, 1.807) is 6.07 Å². The van der Waals surface area contributed by atoms with Crippen molar-refractivity contribution < 1.29 is 9.13 Å². The van der Waals surface area contributed by atoms with Crippen LogP contribution in [0.2, 0.25) is 5.02 Å². The van der Waals surface area contributed by atoms with Crippen molar-refractivity contribution in [2.24, 2.45) is 5.73 Å². The van der Waals surface area contributed by atoms with Crippen LogP contribution in [-0.2, 0) is 4.74 Å². The topological polar surface area (TPSA) is 35.2 Å². The second-order valence-corrected chi connectivity index (χ2v) is 3.82. The second kappa shape index (κ2) is 3.85. The van der Waals surface area contributed by atoms with Gasteiger partial charge < -0.3 is 10.5 Å². The molecule has 1 saturated heterocycles. The maximum Gasteiger partial charge on any atom is 0.124 e. The van der Waals surface area contributed by atoms with Crippen LogP contribution in [0.5, 0.6) is 0 Å². The largest absolute Gasteiger partial charge is 0.372 e. The molecular weight excluding hydrogens is 205 g/mol. The Kier molecular flexibility index (Phi) is 2.72. The van der Waals surface area contributed by atoms with Gasteiger partial charge in [0, 0.05) is 23.2 Å². The maximum atomic E-state index is 12.8. The second-order valence-electron chi connectivity index (χ2n) is 3.41. The molecule has 0 bridgehead atoms. The predicted molar refractivity (Wildman–Crippen MR) is 52.7 cm³/mol. The van der Waals surface area contributed by atoms with Gasteiger partial charge in [0.2, 0.25) is 0 Å². The molecule has 0 spiro atoms. The first-order valence-corrected chi connectivity index (χ1v) is 4.88. The van der Waals surface area contributed by atoms with E-state index in [1.165, 1.54) is 12.1 Å². The number of rotatable bonds is 1. The zero-order chi connectivity index (χ0) is 10.1. The fraction of sp³-hybridized carbons (Fsp3) is 0.400. The highest BCUT2D eigenvalue weighted by Crippen LogP contribution is 2.32. The van der Waals surface area contributed by atoms with Crippen LogP contribution < -0.4 is 5.73 Å². The lowest BCUT2D eigenvalue weighted by molar-refractivity contribution is 0.105. The molecule has 2 unspecified atom stereocenters. The van der Waals surface area contributed by atoms with Gasteiger partial charge in [0.15, 0.2) is 0 Å². The molecule has 1 aliphatic rings. The smallest absolute Gasteiger partial charge is 0.124 e. The Morgan fingerprint density at radius 3 is 2.86 bits per heavy atom. The summed E-state index contributed by atoms with van der Waals surface area (Å²) in [6.07, 6.45) is 0.626. The predicted octanol–water partition coefficient (Wildman–Crippen LogP) is 2.27. The van der Waals surface area contributed by atoms with Crippen LogP contribution in [-0.4, -0.2) is 12.6 Å². The molecule has 2 nitrogen and oxygen atoms in total. The summed E-state index contributed by atoms with van der Waals surface area (Å²) < 4.78 is 18.2. The Morgan fingerprint density at radius 2 is 2.29 bits per heavy atom. The fourth-order valence-electron chi connectivity index (χ4n) is 1.66. The maximum absolute atomic E-state index is 12.8. The summed E-state index contributed by atoms with van der Waals surface area (Å²) in [4.78, 5) is 0. The van der Waals surface area contributed by atoms with Crippen LogP contribution in [0.3, 0.4) is 0 Å². The zero-order valence-corrected chi connectivity index (χ0v) is 8.30. The summed E-state index contributed by atoms with van der Waals surface area (Å²) in [5, 5.41) is 0.382. The van der Waals surface area contributed by atoms with Crippen molar-refractivity contribution in [2.45, 2.75) is 18.6 Å². The molecule has 2 atom stereocenters. The molecular formula is C10H11ClFNO. The lowest BCUT2D eigenvalue weighted by Gasteiger charge is -2.16. The van der Waals surface area contributed by atoms with E-state index in [1.807, 2.05) is 0 Å². The summed E-state index contributed by atoms with van der Waals surface area (Å²) in [5.74, 6) is -0.342. The normalized spacial score (nSPS) is 26.8. The van der Waals surface area contributed by atoms with Crippen LogP contribution in [0, 0.1) is 5.82 Å². The van der Waals surface area contributed by atoms with Crippen LogP contribution in [0.4, 0.5) is 4.39 Å². The molecule has 1 aromatic carbocycles. The van der Waals surface area contributed by atoms with Gasteiger partial charge in [-0.25, -0.2) is 4.39 Å². The number of hydrogen-bond acceptors (Lipinski definition) is 2. The first-order valence-electron chi connectivity index (χ1n) is 4.50. The summed E-state index contributed by atoms with van der Waals surface area (Å²) >= 11 is 5.90. The van der Waals surface area contributed by atoms with Crippen molar-refractivity contribution >= 4 is 11.6 Å². The molecule has 1 aliphatic heterocycles. The molecule has 76 valence electrons. The summed E-state index contributed by atoms with van der Waals surface area (Å²) in [6.45, 7) is 0.638. The van der Waals surface area contributed by atoms with Crippen molar-refractivity contribution in [2.75, 3.05) is 6.61 Å². The average molecular weight is 216 g/mol. The summed E-state index contributed by atoms with van der Waals surface area (Å²) in [5.41, 5.74) is 6.62. The first-order chi connectivity index (χ1) is 6.68. The zero-order valence-electron chi connectivity index (χ0n) is 7.54. The number of ether oxygens (including phenoxy) is 1. The standard InChI is InChI=1S/C10H11ClFNO/c11-8-5-6(12)1-2-7(8)10-9(13)3-4-14-10/h1-2,5,9-10H,3-4,13H2. The third-order valence-electron chi connectivity index (χ3n) is 2.41. The Hall–Kier alpha value is -0.640. The van der Waals surface area contributed by atoms with Crippen LogP contribution in [0.1, 0.15) is 18.1 Å². The highest BCUT2D eigenvalue weighted by molar-refractivity contribution is 6.31. The molecule has 14 heavy (non-hydrogen) atoms. The number of halogens is 2. The number of nitrogens with two attached hydrogens (primary N) is 1. The van der Waals surface area contributed by atoms with Gasteiger partial charge in [-0.2, -0.15) is 0 Å². The minimum atomic E-state index is -0.342. The van der Waals surface area contributed by atoms with Gasteiger partial charge in [0.1, 0.15) is 5.82 Å². The lowest BCUT2D eigenvalue weighted by Crippen LogP contribution is -2.23. The highest BCUT2D eigenvalue weighted by Gasteiger charge is 2.28. The molecule has 1 fully saturated rings. The average Bonchev–Trinajstić information content (AvgIpc) is 2.52. The highest BCUT2D eigenvalue weighted by atomic mass is 35.5. The van der Waals surface area contributed by atoms with Crippen molar-refractivity contribution in [1.29, 1.82) is 0 Å². The minimum Gasteiger partial charge on any atom is -0.372 e. The van der Waals surface area contributed by atoms with Gasteiger partial charge in [-0.1, -0.05) is 17.7 Å². The van der Waals surface area contributed by atoms with E-state index in [-0.39, 0.29) is 18.0 Å². The van der Waals surface area contributed by atoms with Crippen molar-refractivity contribution in [3.05, 3.63) is 34.6 Å². The van der Waals surface area contributed by atoms with Gasteiger partial charge in [-0.15, -0.1) is 0 Å². The van der Waals surface area contributed by atoms with E-state index in [2.05, 4.69) is 0 Å². The van der Waals surface area contributed by atoms with Crippen LogP contribution in [0.25, 0.3) is 0 Å². The first kappa shape index (κ1) is 9.90. The molecule has 4 heteroatoms. The lowest BCUT2D eigenvalue weighted by atomic mass is 10.0. The summed E-state index contributed by atoms with van der Waals surface area (Å²) in [6, 6.07) is 4.24. The molecule has 1 heterocycles. The van der Waals surface area contributed by atoms with Crippen LogP contribution >= 0.6 is 11.6 Å². The summed E-state index contributed by atoms with van der Waals surface area (Å²) in [7, 11) is 0. The molecule has 2 N–H and O–H groups in total. The van der Waals surface area contributed by atoms with Crippen molar-refractivity contribution in [3.63, 3.8) is 0 Å². The third-order valence-corrected chi connectivity index (χ3v) is 2.73. The molecule has 0 saturated carbocycles. The van der Waals surface area contributed by atoms with E-state index in [0.717, 1.165) is 12.0 Å². The molecule has 1 aromatic rings. The quantitative estimate of drug-likeness (QED) is 0.780. The van der Waals surface area contributed by atoms with Gasteiger partial charge in [-0.05, 0) is 18.6 Å². The Morgan fingerprint density at radius 1 is 1.50 bits per heavy atom. The van der Waals surface area contributed by atoms with E-state index < -0.39 is 0 Å². The molecule has 0 amide bonds. The molecule has 0 aliphatic carbocycles. The Balaban J connectivity index is 2.31. The Bertz CT molecular complexity index is 345. The van der Waals surface area contributed by atoms with E-state index in [4.69, 9.17) is 22.1 Å².